The lowest BCUT2D eigenvalue weighted by atomic mass is 10.0. The van der Waals surface area contributed by atoms with Crippen LogP contribution < -0.4 is 21.5 Å². The first kappa shape index (κ1) is 32.2. The predicted octanol–water partition coefficient (Wildman–Crippen LogP) is -1.13. The zero-order valence-electron chi connectivity index (χ0n) is 23.1. The number of aromatic carboxylic acids is 1. The second-order valence-corrected chi connectivity index (χ2v) is 13.3. The van der Waals surface area contributed by atoms with Gasteiger partial charge in [0.05, 0.1) is 12.7 Å². The average Bonchev–Trinajstić information content (AvgIpc) is 3.72. The molecule has 5 rings (SSSR count). The van der Waals surface area contributed by atoms with Gasteiger partial charge >= 0.3 is 11.9 Å². The predicted molar refractivity (Wildman–Crippen MR) is 163 cm³/mol. The summed E-state index contributed by atoms with van der Waals surface area (Å²) >= 11 is 4.21. The van der Waals surface area contributed by atoms with Gasteiger partial charge in [-0.05, 0) is 5.57 Å². The number of amides is 2. The molecule has 0 aromatic carbocycles. The van der Waals surface area contributed by atoms with E-state index in [0.717, 1.165) is 39.5 Å². The highest BCUT2D eigenvalue weighted by molar-refractivity contribution is 8.01. The SMILES string of the molecule is CO/N=C(\C(=O)N[C@@H]1C(=O)N2C(C(=O)O)=C(CSc3nc(C[n+]4ccc(N)n4CCO)c(C(=O)O)s3)CSC12)c1nsc(N)n1. The van der Waals surface area contributed by atoms with Crippen LogP contribution in [0.5, 0.6) is 0 Å². The number of carboxylic acids is 2. The molecule has 1 saturated heterocycles. The van der Waals surface area contributed by atoms with Crippen molar-refractivity contribution in [2.75, 3.05) is 36.7 Å². The fraction of sp³-hybridized carbons (Fsp3) is 0.348. The number of nitrogen functional groups attached to an aromatic ring is 2. The third kappa shape index (κ3) is 6.45. The van der Waals surface area contributed by atoms with E-state index in [4.69, 9.17) is 16.3 Å². The quantitative estimate of drug-likeness (QED) is 0.0406. The van der Waals surface area contributed by atoms with Crippen LogP contribution in [0.1, 0.15) is 21.2 Å². The maximum atomic E-state index is 13.1. The molecule has 238 valence electrons. The Hall–Kier alpha value is -4.25. The summed E-state index contributed by atoms with van der Waals surface area (Å²) in [5.74, 6) is -3.26. The number of β-lactam (4-membered cyclic amide) rings is 1. The van der Waals surface area contributed by atoms with Crippen molar-refractivity contribution in [2.45, 2.75) is 28.8 Å². The molecule has 0 aliphatic carbocycles. The zero-order valence-corrected chi connectivity index (χ0v) is 26.4. The van der Waals surface area contributed by atoms with Gasteiger partial charge in [0.25, 0.3) is 11.8 Å². The van der Waals surface area contributed by atoms with Crippen molar-refractivity contribution in [2.24, 2.45) is 5.16 Å². The Labute approximate surface area is 269 Å². The van der Waals surface area contributed by atoms with E-state index in [-0.39, 0.29) is 64.1 Å². The number of nitrogens with two attached hydrogens (primary N) is 2. The molecule has 18 nitrogen and oxygen atoms in total. The summed E-state index contributed by atoms with van der Waals surface area (Å²) in [6.45, 7) is 0.115. The van der Waals surface area contributed by atoms with E-state index >= 15 is 0 Å². The molecular weight excluding hydrogens is 673 g/mol. The number of thioether (sulfide) groups is 2. The van der Waals surface area contributed by atoms with Gasteiger partial charge in [0.2, 0.25) is 18.1 Å². The molecule has 3 aromatic rings. The van der Waals surface area contributed by atoms with Crippen molar-refractivity contribution < 1.29 is 44.0 Å². The molecule has 2 aliphatic rings. The topological polar surface area (TPSA) is 265 Å². The Bertz CT molecular complexity index is 1730. The van der Waals surface area contributed by atoms with Gasteiger partial charge in [0.1, 0.15) is 41.3 Å². The highest BCUT2D eigenvalue weighted by atomic mass is 32.2. The Morgan fingerprint density at radius 3 is 2.69 bits per heavy atom. The van der Waals surface area contributed by atoms with Gasteiger partial charge in [0.15, 0.2) is 21.5 Å². The van der Waals surface area contributed by atoms with E-state index in [0.29, 0.717) is 15.7 Å². The maximum absolute atomic E-state index is 13.1. The number of carbonyl (C=O) groups excluding carboxylic acids is 2. The molecule has 0 bridgehead atoms. The van der Waals surface area contributed by atoms with Crippen molar-refractivity contribution in [3.05, 3.63) is 39.9 Å². The van der Waals surface area contributed by atoms with Crippen LogP contribution in [0.15, 0.2) is 33.0 Å². The molecule has 2 amide bonds. The number of carboxylic acid groups (broad SMARTS) is 2. The van der Waals surface area contributed by atoms with Gasteiger partial charge in [-0.25, -0.2) is 14.6 Å². The monoisotopic (exact) mass is 697 g/mol. The Kier molecular flexibility index (Phi) is 9.57. The number of fused-ring (bicyclic) bond motifs is 1. The van der Waals surface area contributed by atoms with E-state index < -0.39 is 35.2 Å². The Morgan fingerprint density at radius 1 is 1.27 bits per heavy atom. The van der Waals surface area contributed by atoms with E-state index in [1.807, 2.05) is 0 Å². The highest BCUT2D eigenvalue weighted by Gasteiger charge is 2.54. The molecule has 8 N–H and O–H groups in total. The summed E-state index contributed by atoms with van der Waals surface area (Å²) < 4.78 is 7.56. The van der Waals surface area contributed by atoms with Crippen LogP contribution in [-0.2, 0) is 32.3 Å². The minimum absolute atomic E-state index is 0.00858. The van der Waals surface area contributed by atoms with Gasteiger partial charge in [-0.2, -0.15) is 9.36 Å². The van der Waals surface area contributed by atoms with Crippen LogP contribution >= 0.6 is 46.4 Å². The first-order chi connectivity index (χ1) is 21.5. The summed E-state index contributed by atoms with van der Waals surface area (Å²) in [5, 5.41) is 34.8. The number of hydrogen-bond donors (Lipinski definition) is 6. The number of thiazole rings is 1. The van der Waals surface area contributed by atoms with E-state index in [2.05, 4.69) is 24.8 Å². The van der Waals surface area contributed by atoms with Gasteiger partial charge in [-0.3, -0.25) is 14.5 Å². The van der Waals surface area contributed by atoms with Crippen molar-refractivity contribution in [1.82, 2.24) is 29.2 Å². The number of nitrogens with zero attached hydrogens (tertiary/aromatic N) is 7. The fourth-order valence-electron chi connectivity index (χ4n) is 4.55. The van der Waals surface area contributed by atoms with Gasteiger partial charge in [-0.15, -0.1) is 32.5 Å². The number of oxime groups is 1. The molecule has 2 aliphatic heterocycles. The minimum Gasteiger partial charge on any atom is -0.477 e. The zero-order chi connectivity index (χ0) is 32.4. The number of anilines is 2. The largest absolute Gasteiger partial charge is 0.477 e. The van der Waals surface area contributed by atoms with Crippen LogP contribution in [0, 0.1) is 0 Å². The Morgan fingerprint density at radius 2 is 2.04 bits per heavy atom. The molecule has 3 aromatic heterocycles. The lowest BCUT2D eigenvalue weighted by molar-refractivity contribution is -0.767. The second kappa shape index (κ2) is 13.4. The molecule has 45 heavy (non-hydrogen) atoms. The van der Waals surface area contributed by atoms with Gasteiger partial charge < -0.3 is 36.9 Å². The first-order valence-corrected chi connectivity index (χ1v) is 16.4. The number of aliphatic hydroxyl groups excluding tert-OH is 1. The summed E-state index contributed by atoms with van der Waals surface area (Å²) in [6.07, 6.45) is 1.65. The number of rotatable bonds is 13. The third-order valence-electron chi connectivity index (χ3n) is 6.48. The summed E-state index contributed by atoms with van der Waals surface area (Å²) in [4.78, 5) is 64.6. The van der Waals surface area contributed by atoms with E-state index in [9.17, 15) is 34.5 Å². The number of aliphatic carboxylic acids is 1. The molecule has 1 fully saturated rings. The molecule has 2 atom stereocenters. The molecule has 0 radical (unpaired) electrons. The Balaban J connectivity index is 1.30. The van der Waals surface area contributed by atoms with Crippen molar-refractivity contribution in [3.8, 4) is 0 Å². The summed E-state index contributed by atoms with van der Waals surface area (Å²) in [7, 11) is 1.22. The van der Waals surface area contributed by atoms with Gasteiger partial charge in [-0.1, -0.05) is 16.9 Å². The smallest absolute Gasteiger partial charge is 0.352 e. The number of aliphatic hydroxyl groups is 1. The van der Waals surface area contributed by atoms with Crippen LogP contribution in [-0.4, -0.2) is 105 Å². The molecule has 0 saturated carbocycles. The lowest BCUT2D eigenvalue weighted by Gasteiger charge is -2.49. The van der Waals surface area contributed by atoms with Crippen molar-refractivity contribution >= 4 is 86.8 Å². The standard InChI is InChI=1S/C23H24N10O8S4/c1-41-29-12(16-28-22(25)45-30-16)17(35)27-13-18(36)33-14(20(37)38)9(7-42-19(13)33)8-43-23-26-10(15(44-23)21(39)40)6-31-3-2-11(24)32(31)4-5-34/h2-3,13,19,24,34H,4-8H2,1H3,(H5,25,27,28,30,35,37,38,39,40)/p+1/b29-12-/t13-,19?/m1/s1. The molecule has 1 unspecified atom stereocenters. The molecular formula is C23H25N10O8S4+. The fourth-order valence-corrected chi connectivity index (χ4v) is 8.48. The lowest BCUT2D eigenvalue weighted by Crippen LogP contribution is -2.71. The average molecular weight is 698 g/mol. The highest BCUT2D eigenvalue weighted by Crippen LogP contribution is 2.42. The third-order valence-corrected chi connectivity index (χ3v) is 10.7. The summed E-state index contributed by atoms with van der Waals surface area (Å²) in [6, 6.07) is 0.583. The number of carbonyl (C=O) groups is 4. The van der Waals surface area contributed by atoms with Crippen molar-refractivity contribution in [1.29, 1.82) is 0 Å². The first-order valence-electron chi connectivity index (χ1n) is 12.8. The van der Waals surface area contributed by atoms with E-state index in [1.165, 1.54) is 18.9 Å². The maximum Gasteiger partial charge on any atom is 0.352 e. The molecule has 0 spiro atoms. The number of hydrogen-bond acceptors (Lipinski definition) is 16. The normalized spacial score (nSPS) is 18.0. The van der Waals surface area contributed by atoms with Crippen LogP contribution in [0.2, 0.25) is 0 Å². The van der Waals surface area contributed by atoms with E-state index in [1.54, 1.807) is 21.6 Å². The summed E-state index contributed by atoms with van der Waals surface area (Å²) in [5.41, 5.74) is 11.7. The van der Waals surface area contributed by atoms with Crippen LogP contribution in [0.3, 0.4) is 0 Å². The molecule has 22 heteroatoms. The number of aromatic nitrogens is 5. The minimum atomic E-state index is -1.32. The number of nitrogens with one attached hydrogen (secondary N) is 1. The molecule has 5 heterocycles. The second-order valence-electron chi connectivity index (χ2n) is 9.23. The van der Waals surface area contributed by atoms with Crippen LogP contribution in [0.25, 0.3) is 0 Å². The van der Waals surface area contributed by atoms with Gasteiger partial charge in [0, 0.05) is 23.0 Å². The van der Waals surface area contributed by atoms with Crippen LogP contribution in [0.4, 0.5) is 10.9 Å². The van der Waals surface area contributed by atoms with Crippen molar-refractivity contribution in [3.63, 3.8) is 0 Å².